The summed E-state index contributed by atoms with van der Waals surface area (Å²) in [5.74, 6) is 0. The van der Waals surface area contributed by atoms with Gasteiger partial charge in [0.2, 0.25) is 10.0 Å². The zero-order chi connectivity index (χ0) is 14.8. The number of aryl methyl sites for hydroxylation is 2. The van der Waals surface area contributed by atoms with E-state index in [-0.39, 0.29) is 0 Å². The van der Waals surface area contributed by atoms with Crippen LogP contribution in [-0.2, 0) is 10.0 Å². The maximum atomic E-state index is 12.6. The fourth-order valence-electron chi connectivity index (χ4n) is 2.53. The third-order valence-electron chi connectivity index (χ3n) is 3.99. The fraction of sp³-hybridized carbons (Fsp3) is 0.600. The van der Waals surface area contributed by atoms with Crippen molar-refractivity contribution in [1.29, 1.82) is 0 Å². The minimum Gasteiger partial charge on any atom is -0.301 e. The first-order chi connectivity index (χ1) is 9.45. The molecule has 5 heteroatoms. The second kappa shape index (κ2) is 6.24. The largest absolute Gasteiger partial charge is 0.301 e. The van der Waals surface area contributed by atoms with Gasteiger partial charge in [-0.3, -0.25) is 0 Å². The standard InChI is InChI=1S/C15H24N2O2S/c1-4-7-16-8-10-17(11-9-16)20(18,19)15-6-5-13(2)14(3)12-15/h5-6,12H,4,7-11H2,1-3H3. The SMILES string of the molecule is CCCN1CCN(S(=O)(=O)c2ccc(C)c(C)c2)CC1. The zero-order valence-corrected chi connectivity index (χ0v) is 13.4. The molecule has 0 radical (unpaired) electrons. The minimum atomic E-state index is -3.33. The lowest BCUT2D eigenvalue weighted by atomic mass is 10.1. The average molecular weight is 296 g/mol. The Morgan fingerprint density at radius 1 is 1.05 bits per heavy atom. The van der Waals surface area contributed by atoms with Crippen molar-refractivity contribution in [2.24, 2.45) is 0 Å². The van der Waals surface area contributed by atoms with Crippen molar-refractivity contribution in [3.8, 4) is 0 Å². The lowest BCUT2D eigenvalue weighted by molar-refractivity contribution is 0.188. The molecule has 1 saturated heterocycles. The van der Waals surface area contributed by atoms with E-state index in [1.807, 2.05) is 19.9 Å². The maximum Gasteiger partial charge on any atom is 0.243 e. The Bertz CT molecular complexity index is 561. The van der Waals surface area contributed by atoms with Crippen LogP contribution in [0.2, 0.25) is 0 Å². The molecule has 0 amide bonds. The van der Waals surface area contributed by atoms with E-state index in [9.17, 15) is 8.42 Å². The minimum absolute atomic E-state index is 0.421. The molecule has 1 aliphatic heterocycles. The van der Waals surface area contributed by atoms with Crippen LogP contribution >= 0.6 is 0 Å². The molecule has 0 spiro atoms. The molecule has 1 aromatic rings. The van der Waals surface area contributed by atoms with Crippen molar-refractivity contribution in [2.75, 3.05) is 32.7 Å². The summed E-state index contributed by atoms with van der Waals surface area (Å²) in [6, 6.07) is 5.38. The van der Waals surface area contributed by atoms with Gasteiger partial charge in [0.05, 0.1) is 4.90 Å². The van der Waals surface area contributed by atoms with Gasteiger partial charge in [-0.2, -0.15) is 4.31 Å². The van der Waals surface area contributed by atoms with Gasteiger partial charge in [0, 0.05) is 26.2 Å². The third kappa shape index (κ3) is 3.22. The Balaban J connectivity index is 2.13. The van der Waals surface area contributed by atoms with Gasteiger partial charge >= 0.3 is 0 Å². The number of nitrogens with zero attached hydrogens (tertiary/aromatic N) is 2. The molecule has 0 N–H and O–H groups in total. The molecule has 1 aromatic carbocycles. The molecule has 0 unspecified atom stereocenters. The average Bonchev–Trinajstić information content (AvgIpc) is 2.43. The predicted molar refractivity (Wildman–Crippen MR) is 81.4 cm³/mol. The Hall–Kier alpha value is -0.910. The highest BCUT2D eigenvalue weighted by molar-refractivity contribution is 7.89. The van der Waals surface area contributed by atoms with Crippen LogP contribution in [0.25, 0.3) is 0 Å². The Morgan fingerprint density at radius 2 is 1.70 bits per heavy atom. The van der Waals surface area contributed by atoms with Gasteiger partial charge in [0.15, 0.2) is 0 Å². The van der Waals surface area contributed by atoms with Crippen LogP contribution in [0.15, 0.2) is 23.1 Å². The highest BCUT2D eigenvalue weighted by Gasteiger charge is 2.28. The fourth-order valence-corrected chi connectivity index (χ4v) is 4.04. The predicted octanol–water partition coefficient (Wildman–Crippen LogP) is 2.02. The van der Waals surface area contributed by atoms with Crippen molar-refractivity contribution in [2.45, 2.75) is 32.1 Å². The maximum absolute atomic E-state index is 12.6. The van der Waals surface area contributed by atoms with Crippen molar-refractivity contribution < 1.29 is 8.42 Å². The molecular formula is C15H24N2O2S. The molecule has 1 aliphatic rings. The monoisotopic (exact) mass is 296 g/mol. The second-order valence-corrected chi connectivity index (χ2v) is 7.43. The van der Waals surface area contributed by atoms with Gasteiger partial charge in [-0.1, -0.05) is 13.0 Å². The molecule has 0 bridgehead atoms. The van der Waals surface area contributed by atoms with Crippen molar-refractivity contribution in [3.05, 3.63) is 29.3 Å². The van der Waals surface area contributed by atoms with Gasteiger partial charge < -0.3 is 4.90 Å². The normalized spacial score (nSPS) is 18.4. The van der Waals surface area contributed by atoms with Crippen LogP contribution in [0.1, 0.15) is 24.5 Å². The van der Waals surface area contributed by atoms with Gasteiger partial charge in [0.1, 0.15) is 0 Å². The summed E-state index contributed by atoms with van der Waals surface area (Å²) in [5.41, 5.74) is 2.15. The van der Waals surface area contributed by atoms with E-state index in [0.717, 1.165) is 37.2 Å². The Morgan fingerprint density at radius 3 is 2.25 bits per heavy atom. The molecule has 0 saturated carbocycles. The molecule has 0 aromatic heterocycles. The second-order valence-electron chi connectivity index (χ2n) is 5.49. The summed E-state index contributed by atoms with van der Waals surface area (Å²) in [6.45, 7) is 10.00. The van der Waals surface area contributed by atoms with E-state index in [4.69, 9.17) is 0 Å². The number of hydrogen-bond donors (Lipinski definition) is 0. The van der Waals surface area contributed by atoms with Crippen LogP contribution in [0.5, 0.6) is 0 Å². The van der Waals surface area contributed by atoms with Crippen LogP contribution in [-0.4, -0.2) is 50.3 Å². The smallest absolute Gasteiger partial charge is 0.243 e. The first kappa shape index (κ1) is 15.5. The van der Waals surface area contributed by atoms with E-state index < -0.39 is 10.0 Å². The number of piperazine rings is 1. The topological polar surface area (TPSA) is 40.6 Å². The van der Waals surface area contributed by atoms with Gasteiger partial charge in [-0.05, 0) is 50.1 Å². The van der Waals surface area contributed by atoms with Crippen molar-refractivity contribution >= 4 is 10.0 Å². The molecule has 0 atom stereocenters. The molecule has 4 nitrogen and oxygen atoms in total. The first-order valence-electron chi connectivity index (χ1n) is 7.25. The summed E-state index contributed by atoms with van der Waals surface area (Å²) < 4.78 is 26.9. The lowest BCUT2D eigenvalue weighted by Crippen LogP contribution is -2.48. The van der Waals surface area contributed by atoms with Gasteiger partial charge in [-0.15, -0.1) is 0 Å². The molecule has 112 valence electrons. The van der Waals surface area contributed by atoms with E-state index >= 15 is 0 Å². The number of benzene rings is 1. The molecular weight excluding hydrogens is 272 g/mol. The molecule has 2 rings (SSSR count). The number of sulfonamides is 1. The van der Waals surface area contributed by atoms with Crippen molar-refractivity contribution in [1.82, 2.24) is 9.21 Å². The van der Waals surface area contributed by atoms with Gasteiger partial charge in [0.25, 0.3) is 0 Å². The number of rotatable bonds is 4. The lowest BCUT2D eigenvalue weighted by Gasteiger charge is -2.33. The van der Waals surface area contributed by atoms with Crippen molar-refractivity contribution in [3.63, 3.8) is 0 Å². The third-order valence-corrected chi connectivity index (χ3v) is 5.88. The first-order valence-corrected chi connectivity index (χ1v) is 8.69. The molecule has 20 heavy (non-hydrogen) atoms. The highest BCUT2D eigenvalue weighted by Crippen LogP contribution is 2.20. The van der Waals surface area contributed by atoms with Crippen LogP contribution < -0.4 is 0 Å². The van der Waals surface area contributed by atoms with Gasteiger partial charge in [-0.25, -0.2) is 8.42 Å². The highest BCUT2D eigenvalue weighted by atomic mass is 32.2. The summed E-state index contributed by atoms with van der Waals surface area (Å²) in [4.78, 5) is 2.75. The van der Waals surface area contributed by atoms with Crippen LogP contribution in [0, 0.1) is 13.8 Å². The van der Waals surface area contributed by atoms with E-state index in [1.54, 1.807) is 16.4 Å². The summed E-state index contributed by atoms with van der Waals surface area (Å²) in [6.07, 6.45) is 1.11. The Kier molecular flexibility index (Phi) is 4.83. The molecule has 1 fully saturated rings. The molecule has 0 aliphatic carbocycles. The summed E-state index contributed by atoms with van der Waals surface area (Å²) in [5, 5.41) is 0. The Labute approximate surface area is 122 Å². The number of hydrogen-bond acceptors (Lipinski definition) is 3. The summed E-state index contributed by atoms with van der Waals surface area (Å²) >= 11 is 0. The van der Waals surface area contributed by atoms with E-state index in [1.165, 1.54) is 0 Å². The quantitative estimate of drug-likeness (QED) is 0.853. The zero-order valence-electron chi connectivity index (χ0n) is 12.6. The van der Waals surface area contributed by atoms with Crippen LogP contribution in [0.3, 0.4) is 0 Å². The van der Waals surface area contributed by atoms with E-state index in [2.05, 4.69) is 11.8 Å². The summed E-state index contributed by atoms with van der Waals surface area (Å²) in [7, 11) is -3.33. The van der Waals surface area contributed by atoms with Crippen LogP contribution in [0.4, 0.5) is 0 Å². The van der Waals surface area contributed by atoms with E-state index in [0.29, 0.717) is 18.0 Å². The molecule has 1 heterocycles.